The number of anilines is 1. The molecule has 0 aliphatic carbocycles. The first kappa shape index (κ1) is 11.8. The number of halogens is 1. The van der Waals surface area contributed by atoms with E-state index in [2.05, 4.69) is 0 Å². The summed E-state index contributed by atoms with van der Waals surface area (Å²) in [6.45, 7) is 0. The number of nitrogens with two attached hydrogens (primary N) is 1. The molecule has 0 spiro atoms. The van der Waals surface area contributed by atoms with Gasteiger partial charge in [0.05, 0.1) is 11.3 Å². The molecule has 0 bridgehead atoms. The number of aromatic carboxylic acids is 1. The van der Waals surface area contributed by atoms with Gasteiger partial charge in [0.1, 0.15) is 0 Å². The van der Waals surface area contributed by atoms with Crippen LogP contribution in [-0.2, 0) is 10.2 Å². The molecule has 0 aromatic heterocycles. The van der Waals surface area contributed by atoms with Crippen LogP contribution >= 0.6 is 11.6 Å². The van der Waals surface area contributed by atoms with Crippen molar-refractivity contribution in [3.8, 4) is 0 Å². The van der Waals surface area contributed by atoms with Crippen molar-refractivity contribution in [2.75, 3.05) is 4.72 Å². The summed E-state index contributed by atoms with van der Waals surface area (Å²) in [6, 6.07) is 3.67. The van der Waals surface area contributed by atoms with Crippen molar-refractivity contribution in [3.63, 3.8) is 0 Å². The molecule has 0 aliphatic rings. The Bertz CT molecular complexity index is 500. The number of nitrogens with one attached hydrogen (secondary N) is 1. The first-order valence-corrected chi connectivity index (χ1v) is 5.55. The zero-order valence-corrected chi connectivity index (χ0v) is 8.84. The molecule has 1 rings (SSSR count). The van der Waals surface area contributed by atoms with E-state index in [4.69, 9.17) is 21.8 Å². The number of benzene rings is 1. The van der Waals surface area contributed by atoms with E-state index in [1.807, 2.05) is 4.72 Å². The van der Waals surface area contributed by atoms with Gasteiger partial charge in [-0.2, -0.15) is 8.42 Å². The van der Waals surface area contributed by atoms with Gasteiger partial charge in [0.15, 0.2) is 0 Å². The molecular weight excluding hydrogens is 244 g/mol. The second-order valence-corrected chi connectivity index (χ2v) is 4.37. The molecule has 6 nitrogen and oxygen atoms in total. The molecule has 0 fully saturated rings. The molecule has 0 radical (unpaired) electrons. The van der Waals surface area contributed by atoms with E-state index in [1.165, 1.54) is 12.1 Å². The highest BCUT2D eigenvalue weighted by molar-refractivity contribution is 7.90. The monoisotopic (exact) mass is 250 g/mol. The van der Waals surface area contributed by atoms with Gasteiger partial charge in [0.2, 0.25) is 0 Å². The molecule has 0 unspecified atom stereocenters. The smallest absolute Gasteiger partial charge is 0.337 e. The number of rotatable bonds is 3. The largest absolute Gasteiger partial charge is 0.478 e. The van der Waals surface area contributed by atoms with E-state index in [1.54, 1.807) is 0 Å². The molecule has 0 saturated heterocycles. The van der Waals surface area contributed by atoms with Gasteiger partial charge in [-0.1, -0.05) is 11.6 Å². The lowest BCUT2D eigenvalue weighted by atomic mass is 10.2. The maximum absolute atomic E-state index is 10.7. The summed E-state index contributed by atoms with van der Waals surface area (Å²) in [5.74, 6) is -1.28. The third-order valence-corrected chi connectivity index (χ3v) is 2.20. The average molecular weight is 251 g/mol. The van der Waals surface area contributed by atoms with Gasteiger partial charge in [-0.15, -0.1) is 0 Å². The number of hydrogen-bond acceptors (Lipinski definition) is 3. The lowest BCUT2D eigenvalue weighted by Gasteiger charge is -2.07. The van der Waals surface area contributed by atoms with Crippen molar-refractivity contribution in [2.24, 2.45) is 5.14 Å². The van der Waals surface area contributed by atoms with Gasteiger partial charge in [-0.05, 0) is 18.2 Å². The van der Waals surface area contributed by atoms with E-state index >= 15 is 0 Å². The predicted molar refractivity (Wildman–Crippen MR) is 55.1 cm³/mol. The van der Waals surface area contributed by atoms with Crippen LogP contribution in [0.5, 0.6) is 0 Å². The molecule has 1 aromatic carbocycles. The number of carboxylic acid groups (broad SMARTS) is 1. The number of carbonyl (C=O) groups is 1. The SMILES string of the molecule is NS(=O)(=O)Nc1cc(Cl)ccc1C(=O)O. The zero-order valence-electron chi connectivity index (χ0n) is 7.27. The van der Waals surface area contributed by atoms with E-state index < -0.39 is 16.2 Å². The topological polar surface area (TPSA) is 109 Å². The van der Waals surface area contributed by atoms with Crippen molar-refractivity contribution < 1.29 is 18.3 Å². The van der Waals surface area contributed by atoms with Gasteiger partial charge >= 0.3 is 5.97 Å². The van der Waals surface area contributed by atoms with Gasteiger partial charge in [-0.3, -0.25) is 4.72 Å². The summed E-state index contributed by atoms with van der Waals surface area (Å²) in [5, 5.41) is 13.6. The highest BCUT2D eigenvalue weighted by Crippen LogP contribution is 2.21. The molecule has 0 amide bonds. The van der Waals surface area contributed by atoms with Gasteiger partial charge in [0.25, 0.3) is 10.2 Å². The van der Waals surface area contributed by atoms with E-state index in [0.29, 0.717) is 0 Å². The quantitative estimate of drug-likeness (QED) is 0.732. The maximum atomic E-state index is 10.7. The third kappa shape index (κ3) is 3.39. The Kier molecular flexibility index (Phi) is 3.18. The highest BCUT2D eigenvalue weighted by atomic mass is 35.5. The summed E-state index contributed by atoms with van der Waals surface area (Å²) in [5.41, 5.74) is -0.397. The summed E-state index contributed by atoms with van der Waals surface area (Å²) in [6.07, 6.45) is 0. The van der Waals surface area contributed by atoms with Crippen molar-refractivity contribution in [2.45, 2.75) is 0 Å². The Morgan fingerprint density at radius 1 is 1.47 bits per heavy atom. The molecule has 0 heterocycles. The lowest BCUT2D eigenvalue weighted by molar-refractivity contribution is 0.0698. The number of carboxylic acids is 1. The van der Waals surface area contributed by atoms with Crippen molar-refractivity contribution in [3.05, 3.63) is 28.8 Å². The maximum Gasteiger partial charge on any atom is 0.337 e. The van der Waals surface area contributed by atoms with Crippen LogP contribution in [0, 0.1) is 0 Å². The van der Waals surface area contributed by atoms with Crippen LogP contribution in [0.2, 0.25) is 5.02 Å². The average Bonchev–Trinajstić information content (AvgIpc) is 1.99. The van der Waals surface area contributed by atoms with Gasteiger partial charge in [0, 0.05) is 5.02 Å². The fraction of sp³-hybridized carbons (Fsp3) is 0. The molecule has 0 aliphatic heterocycles. The minimum Gasteiger partial charge on any atom is -0.478 e. The molecule has 1 aromatic rings. The van der Waals surface area contributed by atoms with Crippen LogP contribution in [0.4, 0.5) is 5.69 Å². The fourth-order valence-electron chi connectivity index (χ4n) is 0.941. The molecule has 15 heavy (non-hydrogen) atoms. The summed E-state index contributed by atoms with van der Waals surface area (Å²) in [7, 11) is -4.02. The summed E-state index contributed by atoms with van der Waals surface area (Å²) < 4.78 is 23.3. The van der Waals surface area contributed by atoms with Crippen LogP contribution < -0.4 is 9.86 Å². The summed E-state index contributed by atoms with van der Waals surface area (Å²) >= 11 is 5.58. The van der Waals surface area contributed by atoms with Crippen LogP contribution in [0.3, 0.4) is 0 Å². The van der Waals surface area contributed by atoms with Gasteiger partial charge < -0.3 is 5.11 Å². The molecule has 0 saturated carbocycles. The van der Waals surface area contributed by atoms with Crippen molar-refractivity contribution >= 4 is 33.5 Å². The molecule has 0 atom stereocenters. The standard InChI is InChI=1S/C7H7ClN2O4S/c8-4-1-2-5(7(11)12)6(3-4)10-15(9,13)14/h1-3,10H,(H,11,12)(H2,9,13,14). The Hall–Kier alpha value is -1.31. The second kappa shape index (κ2) is 4.05. The van der Waals surface area contributed by atoms with E-state index in [9.17, 15) is 13.2 Å². The normalized spacial score (nSPS) is 11.1. The van der Waals surface area contributed by atoms with Crippen molar-refractivity contribution in [1.82, 2.24) is 0 Å². The van der Waals surface area contributed by atoms with Crippen LogP contribution in [0.15, 0.2) is 18.2 Å². The van der Waals surface area contributed by atoms with E-state index in [0.717, 1.165) is 6.07 Å². The Morgan fingerprint density at radius 2 is 2.07 bits per heavy atom. The Morgan fingerprint density at radius 3 is 2.53 bits per heavy atom. The third-order valence-electron chi connectivity index (χ3n) is 1.46. The zero-order chi connectivity index (χ0) is 11.6. The minimum absolute atomic E-state index is 0.169. The van der Waals surface area contributed by atoms with Crippen LogP contribution in [0.25, 0.3) is 0 Å². The van der Waals surface area contributed by atoms with E-state index in [-0.39, 0.29) is 16.3 Å². The molecular formula is C7H7ClN2O4S. The Balaban J connectivity index is 3.25. The second-order valence-electron chi connectivity index (χ2n) is 2.64. The van der Waals surface area contributed by atoms with Crippen LogP contribution in [-0.4, -0.2) is 19.5 Å². The van der Waals surface area contributed by atoms with Gasteiger partial charge in [-0.25, -0.2) is 9.93 Å². The molecule has 4 N–H and O–H groups in total. The summed E-state index contributed by atoms with van der Waals surface area (Å²) in [4.78, 5) is 10.7. The van der Waals surface area contributed by atoms with Crippen LogP contribution in [0.1, 0.15) is 10.4 Å². The lowest BCUT2D eigenvalue weighted by Crippen LogP contribution is -2.23. The Labute approximate surface area is 90.8 Å². The fourth-order valence-corrected chi connectivity index (χ4v) is 1.59. The molecule has 82 valence electrons. The first-order chi connectivity index (χ1) is 6.79. The highest BCUT2D eigenvalue weighted by Gasteiger charge is 2.13. The van der Waals surface area contributed by atoms with Crippen molar-refractivity contribution in [1.29, 1.82) is 0 Å². The predicted octanol–water partition coefficient (Wildman–Crippen LogP) is 0.654. The first-order valence-electron chi connectivity index (χ1n) is 3.63. The minimum atomic E-state index is -4.02. The number of hydrogen-bond donors (Lipinski definition) is 3. The molecule has 8 heteroatoms.